The maximum absolute atomic E-state index is 14.3. The molecule has 40 heavy (non-hydrogen) atoms. The van der Waals surface area contributed by atoms with Crippen LogP contribution >= 0.6 is 0 Å². The Morgan fingerprint density at radius 2 is 1.18 bits per heavy atom. The number of rotatable bonds is 7. The number of hydrogen-bond donors (Lipinski definition) is 4. The van der Waals surface area contributed by atoms with Crippen LogP contribution in [0.15, 0.2) is 36.4 Å². The van der Waals surface area contributed by atoms with Crippen molar-refractivity contribution in [2.75, 3.05) is 13.1 Å². The minimum Gasteiger partial charge on any atom is -0.461 e. The van der Waals surface area contributed by atoms with Crippen molar-refractivity contribution >= 4 is 33.7 Å². The van der Waals surface area contributed by atoms with Gasteiger partial charge in [0.15, 0.2) is 0 Å². The second-order valence-electron chi connectivity index (χ2n) is 10.9. The molecule has 4 atom stereocenters. The van der Waals surface area contributed by atoms with Crippen molar-refractivity contribution in [3.05, 3.63) is 59.2 Å². The molecule has 4 aromatic rings. The summed E-state index contributed by atoms with van der Waals surface area (Å²) in [5.74, 6) is -1.29. The number of carbonyl (C=O) groups excluding carboxylic acids is 2. The lowest BCUT2D eigenvalue weighted by Gasteiger charge is -2.15. The van der Waals surface area contributed by atoms with Gasteiger partial charge in [-0.15, -0.1) is 0 Å². The maximum atomic E-state index is 14.3. The van der Waals surface area contributed by atoms with Crippen LogP contribution in [0.1, 0.15) is 37.8 Å². The van der Waals surface area contributed by atoms with Crippen molar-refractivity contribution in [1.82, 2.24) is 20.6 Å². The lowest BCUT2D eigenvalue weighted by molar-refractivity contribution is -0.146. The predicted molar refractivity (Wildman–Crippen MR) is 147 cm³/mol. The van der Waals surface area contributed by atoms with Gasteiger partial charge in [0, 0.05) is 73.7 Å². The lowest BCUT2D eigenvalue weighted by Crippen LogP contribution is -2.24. The van der Waals surface area contributed by atoms with Crippen LogP contribution in [0.25, 0.3) is 33.2 Å². The third-order valence-electron chi connectivity index (χ3n) is 7.92. The summed E-state index contributed by atoms with van der Waals surface area (Å²) in [5.41, 5.74) is 4.98. The Hall–Kier alpha value is -3.76. The summed E-state index contributed by atoms with van der Waals surface area (Å²) >= 11 is 0. The van der Waals surface area contributed by atoms with Gasteiger partial charge in [-0.25, -0.2) is 8.78 Å². The van der Waals surface area contributed by atoms with Crippen molar-refractivity contribution in [3.8, 4) is 11.4 Å². The lowest BCUT2D eigenvalue weighted by atomic mass is 9.95. The molecule has 210 valence electrons. The van der Waals surface area contributed by atoms with Gasteiger partial charge in [-0.05, 0) is 60.4 Å². The molecule has 0 radical (unpaired) electrons. The summed E-state index contributed by atoms with van der Waals surface area (Å²) in [4.78, 5) is 29.9. The first-order valence-corrected chi connectivity index (χ1v) is 13.6. The molecule has 0 amide bonds. The Morgan fingerprint density at radius 3 is 1.57 bits per heavy atom. The van der Waals surface area contributed by atoms with Crippen LogP contribution in [0.5, 0.6) is 0 Å². The van der Waals surface area contributed by atoms with E-state index in [0.29, 0.717) is 49.8 Å². The van der Waals surface area contributed by atoms with E-state index in [9.17, 15) is 18.4 Å². The molecule has 0 unspecified atom stereocenters. The van der Waals surface area contributed by atoms with E-state index in [0.717, 1.165) is 33.3 Å². The van der Waals surface area contributed by atoms with Crippen molar-refractivity contribution in [2.24, 2.45) is 0 Å². The number of benzene rings is 2. The molecular formula is C30H32F2N4O4. The summed E-state index contributed by atoms with van der Waals surface area (Å²) in [6.07, 6.45) is 2.19. The van der Waals surface area contributed by atoms with E-state index in [-0.39, 0.29) is 47.9 Å². The second-order valence-corrected chi connectivity index (χ2v) is 10.9. The van der Waals surface area contributed by atoms with E-state index < -0.39 is 0 Å². The van der Waals surface area contributed by atoms with Crippen LogP contribution < -0.4 is 10.6 Å². The van der Waals surface area contributed by atoms with Gasteiger partial charge in [0.1, 0.15) is 23.8 Å². The molecule has 2 aliphatic rings. The minimum atomic E-state index is -0.341. The monoisotopic (exact) mass is 550 g/mol. The molecule has 0 bridgehead atoms. The average Bonchev–Trinajstić information content (AvgIpc) is 3.66. The Morgan fingerprint density at radius 1 is 0.750 bits per heavy atom. The molecule has 0 aliphatic carbocycles. The SMILES string of the molecule is CC(=O)O[C@@H]1CN[C@H](Cc2c(-c3[nH]c4cc(F)ccc4c3C[C@H]3C[C@H](OC(C)=O)CN3)[nH]c3cc(F)ccc23)C1. The number of carbonyl (C=O) groups is 2. The molecule has 0 saturated carbocycles. The zero-order valence-corrected chi connectivity index (χ0v) is 22.4. The summed E-state index contributed by atoms with van der Waals surface area (Å²) in [6.45, 7) is 3.97. The smallest absolute Gasteiger partial charge is 0.302 e. The molecule has 0 spiro atoms. The van der Waals surface area contributed by atoms with E-state index in [1.807, 2.05) is 0 Å². The Labute approximate surface area is 229 Å². The molecule has 4 heterocycles. The van der Waals surface area contributed by atoms with Gasteiger partial charge in [0.2, 0.25) is 0 Å². The summed E-state index contributed by atoms with van der Waals surface area (Å²) < 4.78 is 39.4. The van der Waals surface area contributed by atoms with Gasteiger partial charge < -0.3 is 30.1 Å². The number of fused-ring (bicyclic) bond motifs is 2. The van der Waals surface area contributed by atoms with Crippen LogP contribution in [0.2, 0.25) is 0 Å². The number of ether oxygens (including phenoxy) is 2. The standard InChI is InChI=1S/C30H32F2N4O4/c1-15(37)39-21-9-19(33-13-21)11-25-23-5-3-17(31)7-27(23)35-29(25)30-26(24-6-4-18(32)8-28(24)36-30)12-20-10-22(14-34-20)40-16(2)38/h3-8,19-22,33-36H,9-14H2,1-2H3/t19-,20+,21-,22-/m0/s1. The van der Waals surface area contributed by atoms with E-state index in [4.69, 9.17) is 9.47 Å². The van der Waals surface area contributed by atoms with Crippen LogP contribution in [0, 0.1) is 11.6 Å². The zero-order chi connectivity index (χ0) is 28.0. The maximum Gasteiger partial charge on any atom is 0.302 e. The first-order chi connectivity index (χ1) is 19.2. The Balaban J connectivity index is 1.40. The molecule has 8 nitrogen and oxygen atoms in total. The number of esters is 2. The third kappa shape index (κ3) is 5.33. The first kappa shape index (κ1) is 26.5. The van der Waals surface area contributed by atoms with Gasteiger partial charge in [0.05, 0.1) is 11.4 Å². The number of aromatic amines is 2. The van der Waals surface area contributed by atoms with Gasteiger partial charge in [-0.1, -0.05) is 0 Å². The molecule has 2 saturated heterocycles. The van der Waals surface area contributed by atoms with E-state index >= 15 is 0 Å². The average molecular weight is 551 g/mol. The van der Waals surface area contributed by atoms with Crippen molar-refractivity contribution in [3.63, 3.8) is 0 Å². The van der Waals surface area contributed by atoms with Crippen molar-refractivity contribution in [1.29, 1.82) is 0 Å². The fraction of sp³-hybridized carbons (Fsp3) is 0.400. The quantitative estimate of drug-likeness (QED) is 0.256. The molecule has 6 rings (SSSR count). The first-order valence-electron chi connectivity index (χ1n) is 13.6. The van der Waals surface area contributed by atoms with Crippen LogP contribution in [0.4, 0.5) is 8.78 Å². The second kappa shape index (κ2) is 10.7. The molecule has 2 aliphatic heterocycles. The van der Waals surface area contributed by atoms with E-state index in [1.54, 1.807) is 12.1 Å². The van der Waals surface area contributed by atoms with Crippen molar-refractivity contribution < 1.29 is 27.8 Å². The number of halogens is 2. The van der Waals surface area contributed by atoms with Gasteiger partial charge >= 0.3 is 11.9 Å². The highest BCUT2D eigenvalue weighted by atomic mass is 19.1. The zero-order valence-electron chi connectivity index (χ0n) is 22.4. The fourth-order valence-corrected chi connectivity index (χ4v) is 6.32. The van der Waals surface area contributed by atoms with E-state index in [2.05, 4.69) is 20.6 Å². The highest BCUT2D eigenvalue weighted by Crippen LogP contribution is 2.38. The molecular weight excluding hydrogens is 518 g/mol. The third-order valence-corrected chi connectivity index (χ3v) is 7.92. The fourth-order valence-electron chi connectivity index (χ4n) is 6.32. The Bertz CT molecular complexity index is 1480. The Kier molecular flexibility index (Phi) is 7.06. The molecule has 2 aromatic carbocycles. The molecule has 2 fully saturated rings. The summed E-state index contributed by atoms with van der Waals surface area (Å²) in [7, 11) is 0. The van der Waals surface area contributed by atoms with Crippen LogP contribution in [-0.2, 0) is 31.9 Å². The van der Waals surface area contributed by atoms with Gasteiger partial charge in [-0.3, -0.25) is 9.59 Å². The van der Waals surface area contributed by atoms with Crippen LogP contribution in [-0.4, -0.2) is 59.3 Å². The normalized spacial score (nSPS) is 22.8. The summed E-state index contributed by atoms with van der Waals surface area (Å²) in [5, 5.41) is 8.72. The van der Waals surface area contributed by atoms with Crippen LogP contribution in [0.3, 0.4) is 0 Å². The minimum absolute atomic E-state index is 0.0541. The number of aromatic nitrogens is 2. The van der Waals surface area contributed by atoms with Gasteiger partial charge in [0.25, 0.3) is 0 Å². The highest BCUT2D eigenvalue weighted by Gasteiger charge is 2.31. The highest BCUT2D eigenvalue weighted by molar-refractivity contribution is 5.96. The molecule has 4 N–H and O–H groups in total. The molecule has 10 heteroatoms. The summed E-state index contributed by atoms with van der Waals surface area (Å²) in [6, 6.07) is 9.54. The molecule has 2 aromatic heterocycles. The number of hydrogen-bond acceptors (Lipinski definition) is 6. The van der Waals surface area contributed by atoms with Gasteiger partial charge in [-0.2, -0.15) is 0 Å². The van der Waals surface area contributed by atoms with Crippen molar-refractivity contribution in [2.45, 2.75) is 63.8 Å². The largest absolute Gasteiger partial charge is 0.461 e. The topological polar surface area (TPSA) is 108 Å². The predicted octanol–water partition coefficient (Wildman–Crippen LogP) is 4.27. The number of nitrogens with one attached hydrogen (secondary N) is 4. The number of H-pyrrole nitrogens is 2. The van der Waals surface area contributed by atoms with E-state index in [1.165, 1.54) is 38.1 Å².